The van der Waals surface area contributed by atoms with Gasteiger partial charge in [-0.25, -0.2) is 0 Å². The number of anilines is 1. The highest BCUT2D eigenvalue weighted by Gasteiger charge is 2.21. The number of nitrogens with two attached hydrogens (primary N) is 1. The van der Waals surface area contributed by atoms with Crippen molar-refractivity contribution in [3.05, 3.63) is 23.2 Å². The molecule has 1 aromatic rings. The summed E-state index contributed by atoms with van der Waals surface area (Å²) >= 11 is 5.76. The zero-order chi connectivity index (χ0) is 12.3. The van der Waals surface area contributed by atoms with Gasteiger partial charge in [-0.1, -0.05) is 11.6 Å². The maximum atomic E-state index is 11.4. The van der Waals surface area contributed by atoms with Gasteiger partial charge in [0, 0.05) is 11.6 Å². The number of carbonyl (C=O) groups excluding carboxylic acids is 1. The van der Waals surface area contributed by atoms with Gasteiger partial charge >= 0.3 is 0 Å². The molecule has 0 heterocycles. The molecule has 0 saturated heterocycles. The van der Waals surface area contributed by atoms with Gasteiger partial charge in [0.2, 0.25) is 0 Å². The Balaban J connectivity index is 1.77. The Morgan fingerprint density at radius 2 is 2.29 bits per heavy atom. The third-order valence-electron chi connectivity index (χ3n) is 2.62. The smallest absolute Gasteiger partial charge is 0.257 e. The molecule has 0 unspecified atom stereocenters. The lowest BCUT2D eigenvalue weighted by Crippen LogP contribution is -2.30. The van der Waals surface area contributed by atoms with Crippen LogP contribution in [0.25, 0.3) is 0 Å². The number of halogens is 1. The molecule has 0 radical (unpaired) electrons. The van der Waals surface area contributed by atoms with E-state index in [1.807, 2.05) is 0 Å². The van der Waals surface area contributed by atoms with E-state index in [9.17, 15) is 4.79 Å². The van der Waals surface area contributed by atoms with E-state index in [2.05, 4.69) is 5.32 Å². The fourth-order valence-electron chi connectivity index (χ4n) is 1.43. The number of rotatable bonds is 5. The second-order valence-corrected chi connectivity index (χ2v) is 4.65. The molecule has 3 N–H and O–H groups in total. The number of carbonyl (C=O) groups is 1. The van der Waals surface area contributed by atoms with Crippen LogP contribution >= 0.6 is 11.6 Å². The SMILES string of the molecule is Nc1cc(Cl)ccc1OCC(=O)NCC1CC1. The van der Waals surface area contributed by atoms with Crippen LogP contribution in [0.5, 0.6) is 5.75 Å². The Kier molecular flexibility index (Phi) is 3.74. The summed E-state index contributed by atoms with van der Waals surface area (Å²) in [5, 5.41) is 3.36. The van der Waals surface area contributed by atoms with Crippen molar-refractivity contribution >= 4 is 23.2 Å². The maximum Gasteiger partial charge on any atom is 0.257 e. The average molecular weight is 255 g/mol. The van der Waals surface area contributed by atoms with Gasteiger partial charge in [-0.2, -0.15) is 0 Å². The number of hydrogen-bond acceptors (Lipinski definition) is 3. The second-order valence-electron chi connectivity index (χ2n) is 4.22. The highest BCUT2D eigenvalue weighted by atomic mass is 35.5. The minimum absolute atomic E-state index is 0.0153. The Hall–Kier alpha value is -1.42. The molecule has 17 heavy (non-hydrogen) atoms. The van der Waals surface area contributed by atoms with Gasteiger partial charge in [-0.15, -0.1) is 0 Å². The van der Waals surface area contributed by atoms with Crippen molar-refractivity contribution < 1.29 is 9.53 Å². The first-order valence-electron chi connectivity index (χ1n) is 5.59. The predicted octanol–water partition coefficient (Wildman–Crippen LogP) is 1.83. The molecule has 0 aromatic heterocycles. The molecule has 1 aliphatic carbocycles. The Labute approximate surface area is 105 Å². The lowest BCUT2D eigenvalue weighted by molar-refractivity contribution is -0.123. The van der Waals surface area contributed by atoms with E-state index in [-0.39, 0.29) is 12.5 Å². The molecule has 1 saturated carbocycles. The summed E-state index contributed by atoms with van der Waals surface area (Å²) in [7, 11) is 0. The molecule has 0 aliphatic heterocycles. The first-order valence-corrected chi connectivity index (χ1v) is 5.97. The molecule has 1 aromatic carbocycles. The normalized spacial score (nSPS) is 14.4. The maximum absolute atomic E-state index is 11.4. The molecule has 0 atom stereocenters. The first-order chi connectivity index (χ1) is 8.15. The van der Waals surface area contributed by atoms with E-state index >= 15 is 0 Å². The van der Waals surface area contributed by atoms with Crippen molar-refractivity contribution in [1.29, 1.82) is 0 Å². The fourth-order valence-corrected chi connectivity index (χ4v) is 1.61. The van der Waals surface area contributed by atoms with Crippen LogP contribution in [0.15, 0.2) is 18.2 Å². The summed E-state index contributed by atoms with van der Waals surface area (Å²) in [6.45, 7) is 0.733. The minimum atomic E-state index is -0.119. The number of benzene rings is 1. The molecular formula is C12H15ClN2O2. The van der Waals surface area contributed by atoms with E-state index in [4.69, 9.17) is 22.1 Å². The number of nitrogen functional groups attached to an aromatic ring is 1. The molecule has 1 amide bonds. The highest BCUT2D eigenvalue weighted by molar-refractivity contribution is 6.30. The molecule has 0 bridgehead atoms. The standard InChI is InChI=1S/C12H15ClN2O2/c13-9-3-4-11(10(14)5-9)17-7-12(16)15-6-8-1-2-8/h3-5,8H,1-2,6-7,14H2,(H,15,16). The van der Waals surface area contributed by atoms with E-state index in [0.717, 1.165) is 6.54 Å². The summed E-state index contributed by atoms with van der Waals surface area (Å²) < 4.78 is 5.31. The molecule has 92 valence electrons. The summed E-state index contributed by atoms with van der Waals surface area (Å²) in [6, 6.07) is 4.93. The average Bonchev–Trinajstić information content (AvgIpc) is 3.09. The van der Waals surface area contributed by atoms with Crippen molar-refractivity contribution in [3.8, 4) is 5.75 Å². The van der Waals surface area contributed by atoms with Gasteiger partial charge in [-0.05, 0) is 37.0 Å². The Morgan fingerprint density at radius 3 is 2.94 bits per heavy atom. The van der Waals surface area contributed by atoms with Crippen molar-refractivity contribution in [3.63, 3.8) is 0 Å². The van der Waals surface area contributed by atoms with Crippen molar-refractivity contribution in [2.75, 3.05) is 18.9 Å². The monoisotopic (exact) mass is 254 g/mol. The van der Waals surface area contributed by atoms with Crippen molar-refractivity contribution in [2.24, 2.45) is 5.92 Å². The summed E-state index contributed by atoms with van der Waals surface area (Å²) in [5.74, 6) is 1.03. The highest BCUT2D eigenvalue weighted by Crippen LogP contribution is 2.27. The van der Waals surface area contributed by atoms with Crippen LogP contribution in [0.2, 0.25) is 5.02 Å². The van der Waals surface area contributed by atoms with Crippen LogP contribution in [-0.4, -0.2) is 19.1 Å². The zero-order valence-corrected chi connectivity index (χ0v) is 10.2. The van der Waals surface area contributed by atoms with Crippen LogP contribution < -0.4 is 15.8 Å². The fraction of sp³-hybridized carbons (Fsp3) is 0.417. The first kappa shape index (κ1) is 12.0. The van der Waals surface area contributed by atoms with E-state index in [0.29, 0.717) is 22.4 Å². The van der Waals surface area contributed by atoms with Crippen LogP contribution in [0, 0.1) is 5.92 Å². The van der Waals surface area contributed by atoms with Crippen molar-refractivity contribution in [2.45, 2.75) is 12.8 Å². The van der Waals surface area contributed by atoms with E-state index in [1.54, 1.807) is 18.2 Å². The predicted molar refractivity (Wildman–Crippen MR) is 67.1 cm³/mol. The van der Waals surface area contributed by atoms with Gasteiger partial charge in [0.1, 0.15) is 5.75 Å². The van der Waals surface area contributed by atoms with Crippen LogP contribution in [-0.2, 0) is 4.79 Å². The number of nitrogens with one attached hydrogen (secondary N) is 1. The molecule has 0 spiro atoms. The molecule has 1 aliphatic rings. The van der Waals surface area contributed by atoms with Gasteiger partial charge in [0.05, 0.1) is 5.69 Å². The van der Waals surface area contributed by atoms with E-state index in [1.165, 1.54) is 12.8 Å². The van der Waals surface area contributed by atoms with Crippen LogP contribution in [0.3, 0.4) is 0 Å². The second kappa shape index (κ2) is 5.27. The molecule has 2 rings (SSSR count). The molecular weight excluding hydrogens is 240 g/mol. The van der Waals surface area contributed by atoms with E-state index < -0.39 is 0 Å². The van der Waals surface area contributed by atoms with Crippen LogP contribution in [0.1, 0.15) is 12.8 Å². The third-order valence-corrected chi connectivity index (χ3v) is 2.85. The number of hydrogen-bond donors (Lipinski definition) is 2. The third kappa shape index (κ3) is 3.82. The largest absolute Gasteiger partial charge is 0.482 e. The Morgan fingerprint density at radius 1 is 1.53 bits per heavy atom. The van der Waals surface area contributed by atoms with Gasteiger partial charge < -0.3 is 15.8 Å². The van der Waals surface area contributed by atoms with Gasteiger partial charge in [0.15, 0.2) is 6.61 Å². The molecule has 1 fully saturated rings. The minimum Gasteiger partial charge on any atom is -0.482 e. The summed E-state index contributed by atoms with van der Waals surface area (Å²) in [6.07, 6.45) is 2.43. The van der Waals surface area contributed by atoms with Crippen LogP contribution in [0.4, 0.5) is 5.69 Å². The Bertz CT molecular complexity index is 419. The van der Waals surface area contributed by atoms with Gasteiger partial charge in [0.25, 0.3) is 5.91 Å². The summed E-state index contributed by atoms with van der Waals surface area (Å²) in [5.41, 5.74) is 6.14. The number of amides is 1. The topological polar surface area (TPSA) is 64.3 Å². The quantitative estimate of drug-likeness (QED) is 0.788. The number of ether oxygens (including phenoxy) is 1. The molecule has 5 heteroatoms. The lowest BCUT2D eigenvalue weighted by Gasteiger charge is -2.09. The lowest BCUT2D eigenvalue weighted by atomic mass is 10.3. The van der Waals surface area contributed by atoms with Gasteiger partial charge in [-0.3, -0.25) is 4.79 Å². The molecule has 4 nitrogen and oxygen atoms in total. The van der Waals surface area contributed by atoms with Crippen molar-refractivity contribution in [1.82, 2.24) is 5.32 Å². The zero-order valence-electron chi connectivity index (χ0n) is 9.41. The summed E-state index contributed by atoms with van der Waals surface area (Å²) in [4.78, 5) is 11.4.